The summed E-state index contributed by atoms with van der Waals surface area (Å²) in [5, 5.41) is 0. The molecule has 0 N–H and O–H groups in total. The summed E-state index contributed by atoms with van der Waals surface area (Å²) >= 11 is 0. The van der Waals surface area contributed by atoms with Crippen LogP contribution >= 0.6 is 0 Å². The molecule has 166 valence electrons. The van der Waals surface area contributed by atoms with Gasteiger partial charge in [0, 0.05) is 28.9 Å². The van der Waals surface area contributed by atoms with Crippen molar-refractivity contribution in [3.8, 4) is 5.75 Å². The Morgan fingerprint density at radius 3 is 2.42 bits per heavy atom. The lowest BCUT2D eigenvalue weighted by Gasteiger charge is -2.27. The number of ether oxygens (including phenoxy) is 1. The maximum absolute atomic E-state index is 11.3. The molecular formula is C28H37NO2. The topological polar surface area (TPSA) is 29.5 Å². The van der Waals surface area contributed by atoms with E-state index in [1.807, 2.05) is 6.07 Å². The predicted octanol–water partition coefficient (Wildman–Crippen LogP) is 7.81. The first-order chi connectivity index (χ1) is 15.3. The molecular weight excluding hydrogens is 382 g/mol. The second kappa shape index (κ2) is 10.8. The lowest BCUT2D eigenvalue weighted by molar-refractivity contribution is 0.112. The molecule has 0 bridgehead atoms. The van der Waals surface area contributed by atoms with E-state index in [4.69, 9.17) is 4.74 Å². The van der Waals surface area contributed by atoms with Gasteiger partial charge >= 0.3 is 0 Å². The lowest BCUT2D eigenvalue weighted by atomic mass is 9.96. The standard InChI is InChI=1S/C28H37NO2/c1-2-3-4-5-6-7-8-9-19-31-24-16-14-23(15-17-24)29-27-12-10-11-25(27)26-20-22(21-30)13-18-28(26)29/h13-18,20-21,25,27H,2-12,19H2,1H3. The van der Waals surface area contributed by atoms with Gasteiger partial charge in [-0.15, -0.1) is 0 Å². The van der Waals surface area contributed by atoms with Gasteiger partial charge in [0.05, 0.1) is 6.61 Å². The summed E-state index contributed by atoms with van der Waals surface area (Å²) in [5.74, 6) is 1.51. The number of hydrogen-bond acceptors (Lipinski definition) is 3. The normalized spacial score (nSPS) is 19.3. The Balaban J connectivity index is 1.30. The SMILES string of the molecule is CCCCCCCCCCOc1ccc(N2c3ccc(C=O)cc3C3CCCC32)cc1. The number of rotatable bonds is 12. The van der Waals surface area contributed by atoms with Crippen molar-refractivity contribution in [3.63, 3.8) is 0 Å². The molecule has 1 aliphatic heterocycles. The summed E-state index contributed by atoms with van der Waals surface area (Å²) in [6.45, 7) is 3.07. The van der Waals surface area contributed by atoms with E-state index in [9.17, 15) is 4.79 Å². The van der Waals surface area contributed by atoms with E-state index >= 15 is 0 Å². The molecule has 2 aromatic rings. The van der Waals surface area contributed by atoms with Crippen LogP contribution in [0.1, 0.15) is 99.4 Å². The average Bonchev–Trinajstić information content (AvgIpc) is 3.39. The Hall–Kier alpha value is -2.29. The summed E-state index contributed by atoms with van der Waals surface area (Å²) in [6, 6.07) is 15.3. The minimum atomic E-state index is 0.515. The fourth-order valence-electron chi connectivity index (χ4n) is 5.41. The van der Waals surface area contributed by atoms with E-state index in [0.29, 0.717) is 12.0 Å². The Labute approximate surface area is 187 Å². The summed E-state index contributed by atoms with van der Waals surface area (Å²) in [4.78, 5) is 13.7. The molecule has 1 fully saturated rings. The van der Waals surface area contributed by atoms with Gasteiger partial charge in [-0.1, -0.05) is 58.3 Å². The molecule has 2 atom stereocenters. The van der Waals surface area contributed by atoms with E-state index in [0.717, 1.165) is 30.6 Å². The Bertz CT molecular complexity index is 845. The van der Waals surface area contributed by atoms with E-state index in [1.165, 1.54) is 81.1 Å². The van der Waals surface area contributed by atoms with Crippen molar-refractivity contribution in [1.29, 1.82) is 0 Å². The van der Waals surface area contributed by atoms with Gasteiger partial charge in [0.25, 0.3) is 0 Å². The molecule has 3 nitrogen and oxygen atoms in total. The molecule has 1 heterocycles. The maximum Gasteiger partial charge on any atom is 0.150 e. The van der Waals surface area contributed by atoms with Crippen LogP contribution in [0.15, 0.2) is 42.5 Å². The van der Waals surface area contributed by atoms with Crippen molar-refractivity contribution < 1.29 is 9.53 Å². The van der Waals surface area contributed by atoms with Gasteiger partial charge in [-0.3, -0.25) is 4.79 Å². The highest BCUT2D eigenvalue weighted by molar-refractivity contribution is 5.81. The van der Waals surface area contributed by atoms with E-state index in [2.05, 4.69) is 48.2 Å². The van der Waals surface area contributed by atoms with E-state index in [-0.39, 0.29) is 0 Å². The Morgan fingerprint density at radius 1 is 0.935 bits per heavy atom. The third kappa shape index (κ3) is 5.14. The number of benzene rings is 2. The Morgan fingerprint density at radius 2 is 1.68 bits per heavy atom. The van der Waals surface area contributed by atoms with Crippen LogP contribution in [0.3, 0.4) is 0 Å². The third-order valence-corrected chi connectivity index (χ3v) is 7.04. The van der Waals surface area contributed by atoms with Crippen LogP contribution < -0.4 is 9.64 Å². The number of carbonyl (C=O) groups is 1. The molecule has 0 radical (unpaired) electrons. The van der Waals surface area contributed by atoms with Gasteiger partial charge < -0.3 is 9.64 Å². The number of carbonyl (C=O) groups excluding carboxylic acids is 1. The van der Waals surface area contributed by atoms with Gasteiger partial charge in [-0.25, -0.2) is 0 Å². The minimum absolute atomic E-state index is 0.515. The smallest absolute Gasteiger partial charge is 0.150 e. The number of unbranched alkanes of at least 4 members (excludes halogenated alkanes) is 7. The molecule has 2 unspecified atom stereocenters. The third-order valence-electron chi connectivity index (χ3n) is 7.04. The monoisotopic (exact) mass is 419 g/mol. The number of fused-ring (bicyclic) bond motifs is 3. The van der Waals surface area contributed by atoms with Crippen LogP contribution in [0.5, 0.6) is 5.75 Å². The quantitative estimate of drug-likeness (QED) is 0.259. The molecule has 2 aromatic carbocycles. The second-order valence-electron chi connectivity index (χ2n) is 9.23. The highest BCUT2D eigenvalue weighted by Gasteiger charge is 2.42. The van der Waals surface area contributed by atoms with Gasteiger partial charge in [-0.05, 0) is 67.3 Å². The predicted molar refractivity (Wildman–Crippen MR) is 129 cm³/mol. The van der Waals surface area contributed by atoms with Gasteiger partial charge in [-0.2, -0.15) is 0 Å². The fourth-order valence-corrected chi connectivity index (χ4v) is 5.41. The van der Waals surface area contributed by atoms with Crippen LogP contribution in [0.2, 0.25) is 0 Å². The van der Waals surface area contributed by atoms with Gasteiger partial charge in [0.15, 0.2) is 0 Å². The molecule has 2 aliphatic rings. The maximum atomic E-state index is 11.3. The molecule has 0 saturated heterocycles. The lowest BCUT2D eigenvalue weighted by Crippen LogP contribution is -2.26. The highest BCUT2D eigenvalue weighted by Crippen LogP contribution is 2.52. The number of anilines is 2. The number of hydrogen-bond donors (Lipinski definition) is 0. The molecule has 0 amide bonds. The highest BCUT2D eigenvalue weighted by atomic mass is 16.5. The van der Waals surface area contributed by atoms with Crippen molar-refractivity contribution in [2.75, 3.05) is 11.5 Å². The first-order valence-corrected chi connectivity index (χ1v) is 12.4. The summed E-state index contributed by atoms with van der Waals surface area (Å²) in [6.07, 6.45) is 15.2. The van der Waals surface area contributed by atoms with Crippen LogP contribution in [-0.2, 0) is 0 Å². The first-order valence-electron chi connectivity index (χ1n) is 12.4. The van der Waals surface area contributed by atoms with Crippen molar-refractivity contribution in [3.05, 3.63) is 53.6 Å². The average molecular weight is 420 g/mol. The largest absolute Gasteiger partial charge is 0.494 e. The molecule has 4 rings (SSSR count). The molecule has 3 heteroatoms. The van der Waals surface area contributed by atoms with Crippen LogP contribution in [0.4, 0.5) is 11.4 Å². The Kier molecular flexibility index (Phi) is 7.66. The zero-order valence-corrected chi connectivity index (χ0v) is 19.0. The summed E-state index contributed by atoms with van der Waals surface area (Å²) in [7, 11) is 0. The van der Waals surface area contributed by atoms with Crippen LogP contribution in [0, 0.1) is 0 Å². The zero-order valence-electron chi connectivity index (χ0n) is 19.0. The molecule has 0 aromatic heterocycles. The van der Waals surface area contributed by atoms with Crippen LogP contribution in [-0.4, -0.2) is 18.9 Å². The number of nitrogens with zero attached hydrogens (tertiary/aromatic N) is 1. The fraction of sp³-hybridized carbons (Fsp3) is 0.536. The minimum Gasteiger partial charge on any atom is -0.494 e. The molecule has 31 heavy (non-hydrogen) atoms. The first kappa shape index (κ1) is 21.9. The van der Waals surface area contributed by atoms with E-state index < -0.39 is 0 Å². The van der Waals surface area contributed by atoms with Crippen molar-refractivity contribution in [1.82, 2.24) is 0 Å². The van der Waals surface area contributed by atoms with Gasteiger partial charge in [0.1, 0.15) is 12.0 Å². The van der Waals surface area contributed by atoms with Crippen LogP contribution in [0.25, 0.3) is 0 Å². The second-order valence-corrected chi connectivity index (χ2v) is 9.23. The molecule has 1 saturated carbocycles. The van der Waals surface area contributed by atoms with Crippen molar-refractivity contribution >= 4 is 17.7 Å². The van der Waals surface area contributed by atoms with E-state index in [1.54, 1.807) is 0 Å². The molecule has 0 spiro atoms. The zero-order chi connectivity index (χ0) is 21.5. The van der Waals surface area contributed by atoms with Crippen molar-refractivity contribution in [2.45, 2.75) is 89.5 Å². The number of aldehydes is 1. The van der Waals surface area contributed by atoms with Gasteiger partial charge in [0.2, 0.25) is 0 Å². The van der Waals surface area contributed by atoms with Crippen molar-refractivity contribution in [2.24, 2.45) is 0 Å². The summed E-state index contributed by atoms with van der Waals surface area (Å²) in [5.41, 5.74) is 4.64. The molecule has 1 aliphatic carbocycles. The summed E-state index contributed by atoms with van der Waals surface area (Å²) < 4.78 is 6.00.